The van der Waals surface area contributed by atoms with E-state index in [0.717, 1.165) is 23.9 Å². The Kier molecular flexibility index (Phi) is 9.31. The van der Waals surface area contributed by atoms with E-state index in [9.17, 15) is 49.8 Å². The van der Waals surface area contributed by atoms with Crippen molar-refractivity contribution in [3.63, 3.8) is 0 Å². The Morgan fingerprint density at radius 2 is 1.67 bits per heavy atom. The van der Waals surface area contributed by atoms with Gasteiger partial charge >= 0.3 is 18.0 Å². The van der Waals surface area contributed by atoms with Crippen LogP contribution < -0.4 is 17.0 Å². The summed E-state index contributed by atoms with van der Waals surface area (Å²) in [5.74, 6) is -2.45. The summed E-state index contributed by atoms with van der Waals surface area (Å²) in [6, 6.07) is 2.66. The zero-order chi connectivity index (χ0) is 27.4. The van der Waals surface area contributed by atoms with Gasteiger partial charge < -0.3 is 15.8 Å². The molecule has 0 saturated carbocycles. The second-order valence-electron chi connectivity index (χ2n) is 7.50. The first-order valence-corrected chi connectivity index (χ1v) is 10.9. The minimum absolute atomic E-state index is 0.109. The van der Waals surface area contributed by atoms with Crippen molar-refractivity contribution in [2.24, 2.45) is 11.7 Å². The van der Waals surface area contributed by atoms with Crippen molar-refractivity contribution in [1.29, 1.82) is 0 Å². The molecule has 5 N–H and O–H groups in total. The van der Waals surface area contributed by atoms with E-state index in [1.165, 1.54) is 0 Å². The number of aliphatic hydroxyl groups is 1. The van der Waals surface area contributed by atoms with Gasteiger partial charge in [-0.1, -0.05) is 6.92 Å². The van der Waals surface area contributed by atoms with E-state index in [-0.39, 0.29) is 28.7 Å². The molecule has 6 nitrogen and oxygen atoms in total. The molecule has 0 aliphatic carbocycles. The third kappa shape index (κ3) is 7.30. The predicted molar refractivity (Wildman–Crippen MR) is 118 cm³/mol. The third-order valence-electron chi connectivity index (χ3n) is 4.55. The number of aromatic nitrogens is 2. The molecule has 3 rings (SSSR count). The van der Waals surface area contributed by atoms with Crippen LogP contribution in [0.3, 0.4) is 0 Å². The highest BCUT2D eigenvalue weighted by Gasteiger charge is 2.37. The van der Waals surface area contributed by atoms with Crippen molar-refractivity contribution in [2.45, 2.75) is 24.2 Å². The van der Waals surface area contributed by atoms with E-state index < -0.39 is 63.9 Å². The van der Waals surface area contributed by atoms with Gasteiger partial charge in [-0.2, -0.15) is 26.3 Å². The highest BCUT2D eigenvalue weighted by Crippen LogP contribution is 2.46. The number of H-pyrrole nitrogens is 2. The number of aliphatic hydroxyl groups excluding tert-OH is 1. The molecule has 1 heterocycles. The Morgan fingerprint density at radius 1 is 1.06 bits per heavy atom. The van der Waals surface area contributed by atoms with Gasteiger partial charge in [0.15, 0.2) is 0 Å². The number of nitrogens with one attached hydrogen (secondary N) is 2. The molecule has 1 unspecified atom stereocenters. The first kappa shape index (κ1) is 29.3. The molecule has 198 valence electrons. The molecule has 2 aromatic carbocycles. The normalized spacial score (nSPS) is 12.9. The fraction of sp³-hybridized carbons (Fsp3) is 0.333. The Hall–Kier alpha value is -2.91. The van der Waals surface area contributed by atoms with Crippen molar-refractivity contribution in [3.05, 3.63) is 62.3 Å². The van der Waals surface area contributed by atoms with Crippen LogP contribution in [0.25, 0.3) is 22.0 Å². The van der Waals surface area contributed by atoms with Crippen LogP contribution in [0.15, 0.2) is 38.8 Å². The van der Waals surface area contributed by atoms with Gasteiger partial charge in [-0.3, -0.25) is 9.78 Å². The first-order valence-electron chi connectivity index (χ1n) is 9.95. The Bertz CT molecular complexity index is 1340. The molecule has 15 heteroatoms. The fourth-order valence-corrected chi connectivity index (χ4v) is 4.11. The van der Waals surface area contributed by atoms with E-state index >= 15 is 0 Å². The molecule has 0 bridgehead atoms. The number of nitrogens with two attached hydrogens (primary N) is 1. The van der Waals surface area contributed by atoms with Crippen molar-refractivity contribution in [3.8, 4) is 11.1 Å². The van der Waals surface area contributed by atoms with Crippen molar-refractivity contribution < 1.29 is 40.2 Å². The van der Waals surface area contributed by atoms with Gasteiger partial charge in [0.1, 0.15) is 11.6 Å². The Balaban J connectivity index is 0.000000678. The number of halogens is 8. The van der Waals surface area contributed by atoms with Crippen LogP contribution >= 0.6 is 11.8 Å². The molecule has 0 radical (unpaired) electrons. The minimum atomic E-state index is -4.98. The van der Waals surface area contributed by atoms with Crippen molar-refractivity contribution in [2.75, 3.05) is 18.9 Å². The van der Waals surface area contributed by atoms with Crippen LogP contribution in [0.5, 0.6) is 0 Å². The molecule has 0 saturated heterocycles. The monoisotopic (exact) mass is 545 g/mol. The SMILES string of the molecule is CC(CO)CSc1c(-c2ccc(F)cc2F)c(C(F)(F)F)cc2c(=O)[nH]c(=O)[nH]c12.NCC(F)(F)F. The van der Waals surface area contributed by atoms with E-state index in [4.69, 9.17) is 0 Å². The second kappa shape index (κ2) is 11.4. The molecule has 0 spiro atoms. The topological polar surface area (TPSA) is 112 Å². The standard InChI is InChI=1S/C19H15F5N2O3S.C2H4F3N/c1-8(6-27)7-30-16-14(10-3-2-9(20)4-13(10)21)12(19(22,23)24)5-11-15(16)25-18(29)26-17(11)28;3-2(4,5)1-6/h2-5,8,27H,6-7H2,1H3,(H2,25,26,28,29);1,6H2. The molecule has 0 aliphatic rings. The van der Waals surface area contributed by atoms with E-state index in [1.807, 2.05) is 4.98 Å². The Labute approximate surface area is 201 Å². The maximum atomic E-state index is 14.5. The third-order valence-corrected chi connectivity index (χ3v) is 5.99. The van der Waals surface area contributed by atoms with Crippen molar-refractivity contribution in [1.82, 2.24) is 9.97 Å². The summed E-state index contributed by atoms with van der Waals surface area (Å²) < 4.78 is 102. The zero-order valence-corrected chi connectivity index (χ0v) is 19.1. The maximum absolute atomic E-state index is 14.5. The van der Waals surface area contributed by atoms with Gasteiger partial charge in [0, 0.05) is 34.4 Å². The lowest BCUT2D eigenvalue weighted by Gasteiger charge is -2.20. The van der Waals surface area contributed by atoms with Gasteiger partial charge in [0.25, 0.3) is 5.56 Å². The zero-order valence-electron chi connectivity index (χ0n) is 18.3. The quantitative estimate of drug-likeness (QED) is 0.281. The predicted octanol–water partition coefficient (Wildman–Crippen LogP) is 4.41. The number of aromatic amines is 2. The minimum Gasteiger partial charge on any atom is -0.396 e. The molecule has 0 fully saturated rings. The van der Waals surface area contributed by atoms with E-state index in [1.54, 1.807) is 6.92 Å². The van der Waals surface area contributed by atoms with Crippen molar-refractivity contribution >= 4 is 22.7 Å². The lowest BCUT2D eigenvalue weighted by atomic mass is 9.96. The number of thioether (sulfide) groups is 1. The van der Waals surface area contributed by atoms with Gasteiger partial charge in [-0.05, 0) is 24.1 Å². The fourth-order valence-electron chi connectivity index (χ4n) is 2.88. The van der Waals surface area contributed by atoms with Gasteiger partial charge in [0.2, 0.25) is 0 Å². The summed E-state index contributed by atoms with van der Waals surface area (Å²) in [7, 11) is 0. The molecule has 3 aromatic rings. The van der Waals surface area contributed by atoms with Crippen LogP contribution in [0.4, 0.5) is 35.1 Å². The van der Waals surface area contributed by atoms with Crippen LogP contribution in [0.2, 0.25) is 0 Å². The average molecular weight is 545 g/mol. The van der Waals surface area contributed by atoms with Crippen LogP contribution in [-0.2, 0) is 6.18 Å². The van der Waals surface area contributed by atoms with E-state index in [2.05, 4.69) is 10.7 Å². The molecule has 1 aromatic heterocycles. The summed E-state index contributed by atoms with van der Waals surface area (Å²) in [4.78, 5) is 27.9. The number of benzene rings is 2. The summed E-state index contributed by atoms with van der Waals surface area (Å²) in [6.07, 6.45) is -9.16. The highest BCUT2D eigenvalue weighted by atomic mass is 32.2. The number of fused-ring (bicyclic) bond motifs is 1. The largest absolute Gasteiger partial charge is 0.417 e. The number of hydrogen-bond donors (Lipinski definition) is 4. The summed E-state index contributed by atoms with van der Waals surface area (Å²) in [6.45, 7) is 0.144. The molecule has 0 aliphatic heterocycles. The Morgan fingerprint density at radius 3 is 2.17 bits per heavy atom. The molecule has 1 atom stereocenters. The van der Waals surface area contributed by atoms with Gasteiger partial charge in [-0.15, -0.1) is 11.8 Å². The average Bonchev–Trinajstić information content (AvgIpc) is 2.76. The summed E-state index contributed by atoms with van der Waals surface area (Å²) in [5, 5.41) is 8.81. The summed E-state index contributed by atoms with van der Waals surface area (Å²) >= 11 is 0.821. The van der Waals surface area contributed by atoms with Gasteiger partial charge in [0.05, 0.1) is 23.0 Å². The lowest BCUT2D eigenvalue weighted by Crippen LogP contribution is -2.23. The lowest BCUT2D eigenvalue weighted by molar-refractivity contribution is -0.137. The number of hydrogen-bond acceptors (Lipinski definition) is 5. The van der Waals surface area contributed by atoms with Gasteiger partial charge in [-0.25, -0.2) is 13.6 Å². The summed E-state index contributed by atoms with van der Waals surface area (Å²) in [5.41, 5.74) is -0.477. The van der Waals surface area contributed by atoms with Crippen LogP contribution in [0, 0.1) is 17.6 Å². The molecule has 36 heavy (non-hydrogen) atoms. The van der Waals surface area contributed by atoms with E-state index in [0.29, 0.717) is 12.1 Å². The smallest absolute Gasteiger partial charge is 0.396 e. The van der Waals surface area contributed by atoms with Crippen LogP contribution in [-0.4, -0.2) is 40.2 Å². The van der Waals surface area contributed by atoms with Crippen LogP contribution in [0.1, 0.15) is 12.5 Å². The molecular weight excluding hydrogens is 526 g/mol. The highest BCUT2D eigenvalue weighted by molar-refractivity contribution is 7.99. The first-order chi connectivity index (χ1) is 16.6. The molecular formula is C21H19F8N3O3S. The number of rotatable bonds is 5. The maximum Gasteiger partial charge on any atom is 0.417 e. The molecule has 0 amide bonds. The number of alkyl halides is 6. The second-order valence-corrected chi connectivity index (χ2v) is 8.53.